The summed E-state index contributed by atoms with van der Waals surface area (Å²) in [5.41, 5.74) is 2.69. The quantitative estimate of drug-likeness (QED) is 0.854. The van der Waals surface area contributed by atoms with Crippen LogP contribution in [0.2, 0.25) is 0 Å². The van der Waals surface area contributed by atoms with Gasteiger partial charge in [-0.2, -0.15) is 4.31 Å². The van der Waals surface area contributed by atoms with Crippen LogP contribution in [0.15, 0.2) is 53.4 Å². The lowest BCUT2D eigenvalue weighted by atomic mass is 9.91. The highest BCUT2D eigenvalue weighted by molar-refractivity contribution is 7.89. The summed E-state index contributed by atoms with van der Waals surface area (Å²) in [7, 11) is -3.51. The summed E-state index contributed by atoms with van der Waals surface area (Å²) in [6.45, 7) is 4.33. The van der Waals surface area contributed by atoms with Crippen molar-refractivity contribution in [3.63, 3.8) is 0 Å². The van der Waals surface area contributed by atoms with Crippen molar-refractivity contribution in [2.45, 2.75) is 38.0 Å². The van der Waals surface area contributed by atoms with E-state index in [-0.39, 0.29) is 10.8 Å². The van der Waals surface area contributed by atoms with Crippen LogP contribution in [0.1, 0.15) is 30.9 Å². The Morgan fingerprint density at radius 3 is 2.37 bits per heavy atom. The molecule has 0 bridgehead atoms. The molecule has 1 saturated heterocycles. The van der Waals surface area contributed by atoms with Crippen molar-refractivity contribution in [2.75, 3.05) is 18.4 Å². The predicted octanol–water partition coefficient (Wildman–Crippen LogP) is 3.60. The highest BCUT2D eigenvalue weighted by Crippen LogP contribution is 2.28. The van der Waals surface area contributed by atoms with Crippen LogP contribution >= 0.6 is 0 Å². The lowest BCUT2D eigenvalue weighted by molar-refractivity contribution is -0.114. The van der Waals surface area contributed by atoms with Gasteiger partial charge in [0, 0.05) is 25.7 Å². The average molecular weight is 387 g/mol. The van der Waals surface area contributed by atoms with Crippen molar-refractivity contribution in [1.82, 2.24) is 4.31 Å². The van der Waals surface area contributed by atoms with Crippen molar-refractivity contribution in [2.24, 2.45) is 5.92 Å². The Hall–Kier alpha value is -2.18. The number of rotatable bonds is 5. The Balaban J connectivity index is 1.66. The summed E-state index contributed by atoms with van der Waals surface area (Å²) in [4.78, 5) is 11.5. The van der Waals surface area contributed by atoms with Crippen molar-refractivity contribution in [3.8, 4) is 0 Å². The van der Waals surface area contributed by atoms with Crippen LogP contribution in [0.5, 0.6) is 0 Å². The van der Waals surface area contributed by atoms with Gasteiger partial charge >= 0.3 is 0 Å². The predicted molar refractivity (Wildman–Crippen MR) is 107 cm³/mol. The van der Waals surface area contributed by atoms with E-state index in [1.807, 2.05) is 18.2 Å². The molecule has 0 unspecified atom stereocenters. The average Bonchev–Trinajstić information content (AvgIpc) is 2.64. The lowest BCUT2D eigenvalue weighted by Gasteiger charge is -2.31. The van der Waals surface area contributed by atoms with E-state index in [0.29, 0.717) is 24.7 Å². The first-order valence-electron chi connectivity index (χ1n) is 9.28. The van der Waals surface area contributed by atoms with Gasteiger partial charge in [0.2, 0.25) is 15.9 Å². The molecular weight excluding hydrogens is 360 g/mol. The molecular formula is C21H26N2O3S. The Kier molecular flexibility index (Phi) is 5.97. The first-order valence-corrected chi connectivity index (χ1v) is 10.7. The van der Waals surface area contributed by atoms with E-state index in [1.165, 1.54) is 12.5 Å². The van der Waals surface area contributed by atoms with Gasteiger partial charge < -0.3 is 5.32 Å². The summed E-state index contributed by atoms with van der Waals surface area (Å²) >= 11 is 0. The van der Waals surface area contributed by atoms with Gasteiger partial charge in [0.05, 0.1) is 4.90 Å². The Labute approximate surface area is 161 Å². The second kappa shape index (κ2) is 8.23. The molecule has 0 radical (unpaired) electrons. The minimum atomic E-state index is -3.51. The lowest BCUT2D eigenvalue weighted by Crippen LogP contribution is -2.38. The Bertz CT molecular complexity index is 902. The van der Waals surface area contributed by atoms with Gasteiger partial charge in [-0.15, -0.1) is 0 Å². The maximum Gasteiger partial charge on any atom is 0.243 e. The molecule has 1 N–H and O–H groups in total. The van der Waals surface area contributed by atoms with E-state index in [2.05, 4.69) is 17.4 Å². The largest absolute Gasteiger partial charge is 0.326 e. The number of nitrogens with zero attached hydrogens (tertiary/aromatic N) is 1. The number of aryl methyl sites for hydroxylation is 1. The van der Waals surface area contributed by atoms with Gasteiger partial charge in [0.1, 0.15) is 0 Å². The number of hydrogen-bond donors (Lipinski definition) is 1. The summed E-state index contributed by atoms with van der Waals surface area (Å²) < 4.78 is 27.5. The number of hydrogen-bond acceptors (Lipinski definition) is 3. The number of nitrogens with one attached hydrogen (secondary N) is 1. The molecule has 1 fully saturated rings. The Morgan fingerprint density at radius 2 is 1.78 bits per heavy atom. The number of benzene rings is 2. The van der Waals surface area contributed by atoms with Gasteiger partial charge in [0.15, 0.2) is 0 Å². The maximum atomic E-state index is 13.0. The fourth-order valence-corrected chi connectivity index (χ4v) is 5.13. The van der Waals surface area contributed by atoms with E-state index < -0.39 is 10.0 Å². The molecule has 0 aliphatic carbocycles. The second-order valence-corrected chi connectivity index (χ2v) is 9.13. The van der Waals surface area contributed by atoms with Crippen molar-refractivity contribution >= 4 is 21.6 Å². The number of amides is 1. The normalized spacial score (nSPS) is 16.2. The summed E-state index contributed by atoms with van der Waals surface area (Å²) in [5, 5.41) is 2.71. The van der Waals surface area contributed by atoms with Crippen LogP contribution < -0.4 is 5.32 Å². The van der Waals surface area contributed by atoms with Crippen molar-refractivity contribution in [3.05, 3.63) is 59.7 Å². The first-order chi connectivity index (χ1) is 12.9. The zero-order chi connectivity index (χ0) is 19.4. The smallest absolute Gasteiger partial charge is 0.243 e. The first kappa shape index (κ1) is 19.6. The molecule has 1 aliphatic rings. The molecule has 2 aromatic carbocycles. The molecule has 1 amide bonds. The topological polar surface area (TPSA) is 66.5 Å². The third-order valence-electron chi connectivity index (χ3n) is 5.09. The van der Waals surface area contributed by atoms with Crippen LogP contribution in [-0.4, -0.2) is 31.7 Å². The zero-order valence-electron chi connectivity index (χ0n) is 15.8. The fourth-order valence-electron chi connectivity index (χ4n) is 3.58. The molecule has 0 aromatic heterocycles. The summed E-state index contributed by atoms with van der Waals surface area (Å²) in [5.74, 6) is 0.344. The molecule has 144 valence electrons. The molecule has 0 atom stereocenters. The second-order valence-electron chi connectivity index (χ2n) is 7.20. The SMILES string of the molecule is CC(=O)Nc1ccc(S(=O)(=O)N2CCC(Cc3ccccc3)CC2)cc1C. The van der Waals surface area contributed by atoms with Gasteiger partial charge in [-0.25, -0.2) is 8.42 Å². The minimum Gasteiger partial charge on any atom is -0.326 e. The molecule has 6 heteroatoms. The molecule has 1 aliphatic heterocycles. The molecule has 3 rings (SSSR count). The highest BCUT2D eigenvalue weighted by Gasteiger charge is 2.29. The number of anilines is 1. The zero-order valence-corrected chi connectivity index (χ0v) is 16.6. The van der Waals surface area contributed by atoms with E-state index in [4.69, 9.17) is 0 Å². The summed E-state index contributed by atoms with van der Waals surface area (Å²) in [6, 6.07) is 15.2. The van der Waals surface area contributed by atoms with Crippen LogP contribution in [0, 0.1) is 12.8 Å². The van der Waals surface area contributed by atoms with Gasteiger partial charge in [-0.05, 0) is 61.4 Å². The van der Waals surface area contributed by atoms with Gasteiger partial charge in [0.25, 0.3) is 0 Å². The van der Waals surface area contributed by atoms with Crippen LogP contribution in [-0.2, 0) is 21.2 Å². The molecule has 2 aromatic rings. The molecule has 27 heavy (non-hydrogen) atoms. The Morgan fingerprint density at radius 1 is 1.11 bits per heavy atom. The van der Waals surface area contributed by atoms with Gasteiger partial charge in [-0.3, -0.25) is 4.79 Å². The maximum absolute atomic E-state index is 13.0. The van der Waals surface area contributed by atoms with Crippen molar-refractivity contribution < 1.29 is 13.2 Å². The fraction of sp³-hybridized carbons (Fsp3) is 0.381. The van der Waals surface area contributed by atoms with E-state index >= 15 is 0 Å². The molecule has 5 nitrogen and oxygen atoms in total. The number of sulfonamides is 1. The monoisotopic (exact) mass is 386 g/mol. The van der Waals surface area contributed by atoms with Gasteiger partial charge in [-0.1, -0.05) is 30.3 Å². The summed E-state index contributed by atoms with van der Waals surface area (Å²) in [6.07, 6.45) is 2.74. The minimum absolute atomic E-state index is 0.172. The third-order valence-corrected chi connectivity index (χ3v) is 6.98. The standard InChI is InChI=1S/C21H26N2O3S/c1-16-14-20(8-9-21(16)22-17(2)24)27(25,26)23-12-10-19(11-13-23)15-18-6-4-3-5-7-18/h3-9,14,19H,10-13,15H2,1-2H3,(H,22,24). The van der Waals surface area contributed by atoms with Crippen molar-refractivity contribution in [1.29, 1.82) is 0 Å². The number of carbonyl (C=O) groups is 1. The molecule has 0 saturated carbocycles. The third kappa shape index (κ3) is 4.76. The van der Waals surface area contributed by atoms with E-state index in [1.54, 1.807) is 29.4 Å². The van der Waals surface area contributed by atoms with Crippen LogP contribution in [0.25, 0.3) is 0 Å². The molecule has 0 spiro atoms. The highest BCUT2D eigenvalue weighted by atomic mass is 32.2. The van der Waals surface area contributed by atoms with E-state index in [9.17, 15) is 13.2 Å². The number of piperidine rings is 1. The van der Waals surface area contributed by atoms with Crippen LogP contribution in [0.3, 0.4) is 0 Å². The van der Waals surface area contributed by atoms with Crippen LogP contribution in [0.4, 0.5) is 5.69 Å². The molecule has 1 heterocycles. The number of carbonyl (C=O) groups excluding carboxylic acids is 1. The van der Waals surface area contributed by atoms with E-state index in [0.717, 1.165) is 24.8 Å².